The molecule has 0 spiro atoms. The minimum absolute atomic E-state index is 0. The Hall–Kier alpha value is -0.620. The third-order valence-corrected chi connectivity index (χ3v) is 4.10. The lowest BCUT2D eigenvalue weighted by Crippen LogP contribution is -2.55. The summed E-state index contributed by atoms with van der Waals surface area (Å²) >= 11 is 3.50. The fourth-order valence-corrected chi connectivity index (χ4v) is 2.62. The summed E-state index contributed by atoms with van der Waals surface area (Å²) in [5.74, 6) is 0.0722. The van der Waals surface area contributed by atoms with Gasteiger partial charge in [-0.05, 0) is 18.6 Å². The number of carbonyl (C=O) groups is 1. The number of carbonyl (C=O) groups excluding carboxylic acids is 1. The number of rotatable bonds is 3. The zero-order valence-corrected chi connectivity index (χ0v) is 14.0. The number of halogens is 2. The van der Waals surface area contributed by atoms with Crippen LogP contribution >= 0.6 is 28.3 Å². The van der Waals surface area contributed by atoms with Crippen molar-refractivity contribution in [3.63, 3.8) is 0 Å². The summed E-state index contributed by atoms with van der Waals surface area (Å²) < 4.78 is 6.54. The van der Waals surface area contributed by atoms with E-state index in [1.54, 1.807) is 4.90 Å². The molecule has 1 amide bonds. The number of hydrogen-bond donors (Lipinski definition) is 1. The Kier molecular flexibility index (Phi) is 6.95. The number of morpholine rings is 1. The van der Waals surface area contributed by atoms with Crippen molar-refractivity contribution >= 4 is 34.2 Å². The van der Waals surface area contributed by atoms with Crippen molar-refractivity contribution in [2.24, 2.45) is 0 Å². The van der Waals surface area contributed by atoms with Crippen molar-refractivity contribution in [2.45, 2.75) is 25.6 Å². The largest absolute Gasteiger partial charge is 0.375 e. The fourth-order valence-electron chi connectivity index (χ4n) is 2.21. The minimum Gasteiger partial charge on any atom is -0.375 e. The summed E-state index contributed by atoms with van der Waals surface area (Å²) in [5, 5.41) is 3.22. The van der Waals surface area contributed by atoms with E-state index in [-0.39, 0.29) is 30.5 Å². The van der Waals surface area contributed by atoms with Gasteiger partial charge in [0.2, 0.25) is 5.91 Å². The van der Waals surface area contributed by atoms with Crippen molar-refractivity contribution in [1.29, 1.82) is 0 Å². The molecule has 0 bridgehead atoms. The summed E-state index contributed by atoms with van der Waals surface area (Å²) in [7, 11) is 1.82. The van der Waals surface area contributed by atoms with Gasteiger partial charge in [0, 0.05) is 24.6 Å². The summed E-state index contributed by atoms with van der Waals surface area (Å²) in [6.45, 7) is 3.91. The second-order valence-corrected chi connectivity index (χ2v) is 5.65. The van der Waals surface area contributed by atoms with Crippen LogP contribution < -0.4 is 5.32 Å². The van der Waals surface area contributed by atoms with Crippen LogP contribution in [0.3, 0.4) is 0 Å². The predicted octanol–water partition coefficient (Wildman–Crippen LogP) is 2.21. The van der Waals surface area contributed by atoms with Crippen molar-refractivity contribution in [1.82, 2.24) is 10.2 Å². The molecule has 0 radical (unpaired) electrons. The molecule has 0 aliphatic carbocycles. The second kappa shape index (κ2) is 7.98. The third-order valence-electron chi connectivity index (χ3n) is 3.32. The molecule has 1 aromatic rings. The molecule has 2 atom stereocenters. The third kappa shape index (κ3) is 4.19. The average Bonchev–Trinajstić information content (AvgIpc) is 2.41. The van der Waals surface area contributed by atoms with E-state index in [0.29, 0.717) is 13.2 Å². The van der Waals surface area contributed by atoms with Gasteiger partial charge >= 0.3 is 0 Å². The molecular formula is C14H20BrClN2O2. The van der Waals surface area contributed by atoms with Gasteiger partial charge in [-0.1, -0.05) is 34.1 Å². The van der Waals surface area contributed by atoms with Crippen LogP contribution in [0.25, 0.3) is 0 Å². The summed E-state index contributed by atoms with van der Waals surface area (Å²) in [4.78, 5) is 14.1. The lowest BCUT2D eigenvalue weighted by molar-refractivity contribution is -0.138. The summed E-state index contributed by atoms with van der Waals surface area (Å²) in [5.41, 5.74) is 1.10. The van der Waals surface area contributed by atoms with Crippen LogP contribution in [0.2, 0.25) is 0 Å². The predicted molar refractivity (Wildman–Crippen MR) is 85.1 cm³/mol. The highest BCUT2D eigenvalue weighted by Crippen LogP contribution is 2.18. The number of hydrogen-bond acceptors (Lipinski definition) is 3. The SMILES string of the molecule is C[C@H]1OCCN[C@@H]1C(=O)N(C)Cc1ccccc1Br.Cl. The van der Waals surface area contributed by atoms with Crippen molar-refractivity contribution in [3.05, 3.63) is 34.3 Å². The Morgan fingerprint density at radius 2 is 2.20 bits per heavy atom. The number of nitrogens with one attached hydrogen (secondary N) is 1. The van der Waals surface area contributed by atoms with Crippen LogP contribution in [0.5, 0.6) is 0 Å². The van der Waals surface area contributed by atoms with Gasteiger partial charge in [0.05, 0.1) is 12.7 Å². The van der Waals surface area contributed by atoms with E-state index in [4.69, 9.17) is 4.74 Å². The van der Waals surface area contributed by atoms with Crippen LogP contribution in [-0.2, 0) is 16.1 Å². The Balaban J connectivity index is 0.00000200. The standard InChI is InChI=1S/C14H19BrN2O2.ClH/c1-10-13(16-7-8-19-10)14(18)17(2)9-11-5-3-4-6-12(11)15;/h3-6,10,13,16H,7-9H2,1-2H3;1H/t10-,13+;/m1./s1. The number of ether oxygens (including phenoxy) is 1. The molecule has 2 rings (SSSR count). The maximum atomic E-state index is 12.4. The highest BCUT2D eigenvalue weighted by atomic mass is 79.9. The molecule has 1 fully saturated rings. The number of benzene rings is 1. The molecule has 0 aromatic heterocycles. The monoisotopic (exact) mass is 362 g/mol. The minimum atomic E-state index is -0.249. The van der Waals surface area contributed by atoms with Crippen LogP contribution in [0.15, 0.2) is 28.7 Å². The Morgan fingerprint density at radius 1 is 1.50 bits per heavy atom. The van der Waals surface area contributed by atoms with Gasteiger partial charge in [0.15, 0.2) is 0 Å². The molecule has 112 valence electrons. The van der Waals surface area contributed by atoms with Crippen LogP contribution in [0.4, 0.5) is 0 Å². The number of nitrogens with zero attached hydrogens (tertiary/aromatic N) is 1. The van der Waals surface area contributed by atoms with Gasteiger partial charge in [0.25, 0.3) is 0 Å². The normalized spacial score (nSPS) is 21.9. The highest BCUT2D eigenvalue weighted by molar-refractivity contribution is 9.10. The zero-order chi connectivity index (χ0) is 13.8. The first-order valence-electron chi connectivity index (χ1n) is 6.43. The summed E-state index contributed by atoms with van der Waals surface area (Å²) in [6.07, 6.45) is -0.0806. The lowest BCUT2D eigenvalue weighted by Gasteiger charge is -2.32. The molecule has 20 heavy (non-hydrogen) atoms. The molecule has 1 heterocycles. The topological polar surface area (TPSA) is 41.6 Å². The Morgan fingerprint density at radius 3 is 2.85 bits per heavy atom. The average molecular weight is 364 g/mol. The van der Waals surface area contributed by atoms with Crippen molar-refractivity contribution in [2.75, 3.05) is 20.2 Å². The first kappa shape index (κ1) is 17.4. The number of likely N-dealkylation sites (N-methyl/N-ethyl adjacent to an activating group) is 1. The van der Waals surface area contributed by atoms with E-state index >= 15 is 0 Å². The summed E-state index contributed by atoms with van der Waals surface area (Å²) in [6, 6.07) is 7.69. The van der Waals surface area contributed by atoms with Gasteiger partial charge in [-0.25, -0.2) is 0 Å². The van der Waals surface area contributed by atoms with Crippen molar-refractivity contribution in [3.8, 4) is 0 Å². The molecule has 1 aliphatic rings. The van der Waals surface area contributed by atoms with E-state index in [9.17, 15) is 4.79 Å². The lowest BCUT2D eigenvalue weighted by atomic mass is 10.1. The van der Waals surface area contributed by atoms with Crippen LogP contribution in [-0.4, -0.2) is 43.2 Å². The molecule has 1 saturated heterocycles. The zero-order valence-electron chi connectivity index (χ0n) is 11.6. The van der Waals surface area contributed by atoms with Crippen molar-refractivity contribution < 1.29 is 9.53 Å². The molecule has 1 N–H and O–H groups in total. The van der Waals surface area contributed by atoms with Gasteiger partial charge in [-0.3, -0.25) is 4.79 Å². The van der Waals surface area contributed by atoms with E-state index in [0.717, 1.165) is 16.6 Å². The molecular weight excluding hydrogens is 344 g/mol. The number of amides is 1. The molecule has 1 aromatic carbocycles. The molecule has 0 saturated carbocycles. The van der Waals surface area contributed by atoms with E-state index in [1.807, 2.05) is 38.2 Å². The van der Waals surface area contributed by atoms with Crippen LogP contribution in [0, 0.1) is 0 Å². The fraction of sp³-hybridized carbons (Fsp3) is 0.500. The van der Waals surface area contributed by atoms with E-state index in [1.165, 1.54) is 0 Å². The first-order chi connectivity index (χ1) is 9.09. The quantitative estimate of drug-likeness (QED) is 0.895. The maximum Gasteiger partial charge on any atom is 0.242 e. The Labute approximate surface area is 134 Å². The van der Waals surface area contributed by atoms with E-state index in [2.05, 4.69) is 21.2 Å². The maximum absolute atomic E-state index is 12.4. The van der Waals surface area contributed by atoms with Gasteiger partial charge in [0.1, 0.15) is 6.04 Å². The van der Waals surface area contributed by atoms with Gasteiger partial charge < -0.3 is 15.0 Å². The first-order valence-corrected chi connectivity index (χ1v) is 7.22. The molecule has 6 heteroatoms. The van der Waals surface area contributed by atoms with Gasteiger partial charge in [-0.15, -0.1) is 12.4 Å². The molecule has 0 unspecified atom stereocenters. The second-order valence-electron chi connectivity index (χ2n) is 4.79. The smallest absolute Gasteiger partial charge is 0.242 e. The van der Waals surface area contributed by atoms with Crippen LogP contribution in [0.1, 0.15) is 12.5 Å². The molecule has 1 aliphatic heterocycles. The van der Waals surface area contributed by atoms with E-state index < -0.39 is 0 Å². The van der Waals surface area contributed by atoms with Gasteiger partial charge in [-0.2, -0.15) is 0 Å². The Bertz CT molecular complexity index is 459. The molecule has 4 nitrogen and oxygen atoms in total. The highest BCUT2D eigenvalue weighted by Gasteiger charge is 2.30.